The number of amides is 1. The Hall–Kier alpha value is -1.07. The van der Waals surface area contributed by atoms with Gasteiger partial charge in [0.05, 0.1) is 4.88 Å². The Bertz CT molecular complexity index is 778. The molecule has 0 radical (unpaired) electrons. The minimum absolute atomic E-state index is 0. The molecule has 1 amide bonds. The minimum atomic E-state index is 0. The Morgan fingerprint density at radius 2 is 1.88 bits per heavy atom. The number of fused-ring (bicyclic) bond motifs is 1. The molecule has 2 aromatic rings. The standard InChI is InChI=1S/C20H23ClN2OS.ClH/c1-13-9-18(25-19(13)14-3-2-4-17(21)10-14)20(24)23-7-5-15-11-22-12-16(15)6-8-23;/h2-4,9-10,15-16,22H,5-8,11-12H2,1H3;1H/t15-,16+;. The van der Waals surface area contributed by atoms with E-state index < -0.39 is 0 Å². The number of likely N-dealkylation sites (tertiary alicyclic amines) is 1. The van der Waals surface area contributed by atoms with Gasteiger partial charge in [-0.05, 0) is 74.0 Å². The number of thiophene rings is 1. The second-order valence-electron chi connectivity index (χ2n) is 7.18. The lowest BCUT2D eigenvalue weighted by atomic mass is 9.92. The van der Waals surface area contributed by atoms with E-state index in [9.17, 15) is 4.79 Å². The Kier molecular flexibility index (Phi) is 6.29. The molecule has 2 saturated heterocycles. The zero-order chi connectivity index (χ0) is 17.4. The van der Waals surface area contributed by atoms with Crippen molar-refractivity contribution in [2.24, 2.45) is 11.8 Å². The second kappa shape index (κ2) is 8.30. The first-order chi connectivity index (χ1) is 12.1. The number of rotatable bonds is 2. The van der Waals surface area contributed by atoms with Gasteiger partial charge in [-0.2, -0.15) is 0 Å². The van der Waals surface area contributed by atoms with Crippen molar-refractivity contribution in [1.29, 1.82) is 0 Å². The Morgan fingerprint density at radius 3 is 2.54 bits per heavy atom. The Balaban J connectivity index is 0.00000196. The number of hydrogen-bond acceptors (Lipinski definition) is 3. The molecule has 6 heteroatoms. The average Bonchev–Trinajstić information content (AvgIpc) is 3.16. The molecule has 3 heterocycles. The average molecular weight is 411 g/mol. The third kappa shape index (κ3) is 3.94. The Morgan fingerprint density at radius 1 is 1.19 bits per heavy atom. The fraction of sp³-hybridized carbons (Fsp3) is 0.450. The molecule has 2 fully saturated rings. The van der Waals surface area contributed by atoms with Crippen LogP contribution in [0.5, 0.6) is 0 Å². The van der Waals surface area contributed by atoms with Gasteiger partial charge in [0.15, 0.2) is 0 Å². The first-order valence-corrected chi connectivity index (χ1v) is 10.2. The molecule has 2 aliphatic rings. The summed E-state index contributed by atoms with van der Waals surface area (Å²) in [4.78, 5) is 17.1. The first kappa shape index (κ1) is 19.7. The number of halogens is 2. The van der Waals surface area contributed by atoms with Crippen LogP contribution in [0.4, 0.5) is 0 Å². The third-order valence-electron chi connectivity index (χ3n) is 5.52. The molecule has 4 rings (SSSR count). The van der Waals surface area contributed by atoms with Gasteiger partial charge in [-0.3, -0.25) is 4.79 Å². The van der Waals surface area contributed by atoms with E-state index in [0.29, 0.717) is 0 Å². The molecular formula is C20H24Cl2N2OS. The van der Waals surface area contributed by atoms with Crippen molar-refractivity contribution in [1.82, 2.24) is 10.2 Å². The van der Waals surface area contributed by atoms with E-state index in [1.807, 2.05) is 24.3 Å². The van der Waals surface area contributed by atoms with Gasteiger partial charge in [0.2, 0.25) is 0 Å². The maximum absolute atomic E-state index is 13.0. The number of carbonyl (C=O) groups excluding carboxylic acids is 1. The van der Waals surface area contributed by atoms with Crippen LogP contribution in [0.2, 0.25) is 5.02 Å². The summed E-state index contributed by atoms with van der Waals surface area (Å²) < 4.78 is 0. The van der Waals surface area contributed by atoms with Gasteiger partial charge in [-0.15, -0.1) is 23.7 Å². The normalized spacial score (nSPS) is 22.5. The summed E-state index contributed by atoms with van der Waals surface area (Å²) in [5, 5.41) is 4.22. The van der Waals surface area contributed by atoms with Crippen molar-refractivity contribution >= 4 is 41.3 Å². The van der Waals surface area contributed by atoms with Crippen LogP contribution < -0.4 is 5.32 Å². The van der Waals surface area contributed by atoms with Crippen LogP contribution in [0.15, 0.2) is 30.3 Å². The highest BCUT2D eigenvalue weighted by atomic mass is 35.5. The number of nitrogens with zero attached hydrogens (tertiary/aromatic N) is 1. The highest BCUT2D eigenvalue weighted by molar-refractivity contribution is 7.17. The first-order valence-electron chi connectivity index (χ1n) is 8.98. The van der Waals surface area contributed by atoms with E-state index in [2.05, 4.69) is 23.2 Å². The summed E-state index contributed by atoms with van der Waals surface area (Å²) in [6, 6.07) is 9.90. The lowest BCUT2D eigenvalue weighted by Gasteiger charge is -2.20. The molecule has 0 aliphatic carbocycles. The van der Waals surface area contributed by atoms with Gasteiger partial charge >= 0.3 is 0 Å². The maximum atomic E-state index is 13.0. The summed E-state index contributed by atoms with van der Waals surface area (Å²) >= 11 is 7.72. The molecule has 0 unspecified atom stereocenters. The summed E-state index contributed by atoms with van der Waals surface area (Å²) in [7, 11) is 0. The Labute approximate surface area is 170 Å². The van der Waals surface area contributed by atoms with E-state index in [1.54, 1.807) is 11.3 Å². The molecule has 1 aromatic heterocycles. The fourth-order valence-electron chi connectivity index (χ4n) is 4.08. The van der Waals surface area contributed by atoms with E-state index in [4.69, 9.17) is 11.6 Å². The number of carbonyl (C=O) groups is 1. The largest absolute Gasteiger partial charge is 0.338 e. The predicted molar refractivity (Wildman–Crippen MR) is 112 cm³/mol. The highest BCUT2D eigenvalue weighted by Crippen LogP contribution is 2.35. The summed E-state index contributed by atoms with van der Waals surface area (Å²) in [5.74, 6) is 1.67. The van der Waals surface area contributed by atoms with Crippen molar-refractivity contribution in [3.8, 4) is 10.4 Å². The lowest BCUT2D eigenvalue weighted by molar-refractivity contribution is 0.0763. The number of nitrogens with one attached hydrogen (secondary N) is 1. The fourth-order valence-corrected chi connectivity index (χ4v) is 5.41. The molecule has 0 bridgehead atoms. The van der Waals surface area contributed by atoms with Crippen LogP contribution in [0, 0.1) is 18.8 Å². The van der Waals surface area contributed by atoms with Crippen LogP contribution in [0.25, 0.3) is 10.4 Å². The van der Waals surface area contributed by atoms with Crippen molar-refractivity contribution in [2.45, 2.75) is 19.8 Å². The zero-order valence-corrected chi connectivity index (χ0v) is 17.2. The van der Waals surface area contributed by atoms with Gasteiger partial charge < -0.3 is 10.2 Å². The van der Waals surface area contributed by atoms with Crippen LogP contribution >= 0.6 is 35.3 Å². The molecule has 0 saturated carbocycles. The van der Waals surface area contributed by atoms with Crippen LogP contribution in [0.1, 0.15) is 28.1 Å². The van der Waals surface area contributed by atoms with E-state index >= 15 is 0 Å². The van der Waals surface area contributed by atoms with Gasteiger partial charge in [-0.25, -0.2) is 0 Å². The molecule has 1 N–H and O–H groups in total. The summed E-state index contributed by atoms with van der Waals surface area (Å²) in [5.41, 5.74) is 2.23. The molecule has 2 atom stereocenters. The van der Waals surface area contributed by atoms with E-state index in [1.165, 1.54) is 0 Å². The lowest BCUT2D eigenvalue weighted by Crippen LogP contribution is -2.32. The van der Waals surface area contributed by atoms with E-state index in [0.717, 1.165) is 76.8 Å². The van der Waals surface area contributed by atoms with Crippen molar-refractivity contribution in [3.63, 3.8) is 0 Å². The number of aryl methyl sites for hydroxylation is 1. The zero-order valence-electron chi connectivity index (χ0n) is 14.8. The van der Waals surface area contributed by atoms with Gasteiger partial charge in [0.25, 0.3) is 5.91 Å². The second-order valence-corrected chi connectivity index (χ2v) is 8.67. The molecule has 0 spiro atoms. The van der Waals surface area contributed by atoms with Crippen molar-refractivity contribution < 1.29 is 4.79 Å². The number of hydrogen-bond donors (Lipinski definition) is 1. The van der Waals surface area contributed by atoms with Crippen LogP contribution in [-0.2, 0) is 0 Å². The highest BCUT2D eigenvalue weighted by Gasteiger charge is 2.32. The third-order valence-corrected chi connectivity index (χ3v) is 7.03. The molecule has 2 aliphatic heterocycles. The van der Waals surface area contributed by atoms with Gasteiger partial charge in [0, 0.05) is 23.0 Å². The SMILES string of the molecule is Cc1cc(C(=O)N2CC[C@@H]3CNC[C@@H]3CC2)sc1-c1cccc(Cl)c1.Cl. The van der Waals surface area contributed by atoms with Gasteiger partial charge in [-0.1, -0.05) is 23.7 Å². The predicted octanol–water partition coefficient (Wildman–Crippen LogP) is 4.87. The molecular weight excluding hydrogens is 387 g/mol. The van der Waals surface area contributed by atoms with Crippen LogP contribution in [0.3, 0.4) is 0 Å². The van der Waals surface area contributed by atoms with Gasteiger partial charge in [0.1, 0.15) is 0 Å². The van der Waals surface area contributed by atoms with E-state index in [-0.39, 0.29) is 18.3 Å². The summed E-state index contributed by atoms with van der Waals surface area (Å²) in [6.07, 6.45) is 2.24. The topological polar surface area (TPSA) is 32.3 Å². The monoisotopic (exact) mass is 410 g/mol. The molecule has 26 heavy (non-hydrogen) atoms. The quantitative estimate of drug-likeness (QED) is 0.765. The molecule has 1 aromatic carbocycles. The van der Waals surface area contributed by atoms with Crippen molar-refractivity contribution in [3.05, 3.63) is 45.8 Å². The smallest absolute Gasteiger partial charge is 0.263 e. The summed E-state index contributed by atoms with van der Waals surface area (Å²) in [6.45, 7) is 6.06. The molecule has 140 valence electrons. The number of benzene rings is 1. The molecule has 3 nitrogen and oxygen atoms in total. The maximum Gasteiger partial charge on any atom is 0.263 e. The minimum Gasteiger partial charge on any atom is -0.338 e. The van der Waals surface area contributed by atoms with Crippen LogP contribution in [-0.4, -0.2) is 37.0 Å². The van der Waals surface area contributed by atoms with Crippen molar-refractivity contribution in [2.75, 3.05) is 26.2 Å².